The van der Waals surface area contributed by atoms with Crippen molar-refractivity contribution in [2.75, 3.05) is 7.11 Å². The van der Waals surface area contributed by atoms with E-state index in [9.17, 15) is 0 Å². The van der Waals surface area contributed by atoms with E-state index in [1.807, 2.05) is 24.3 Å². The largest absolute Gasteiger partial charge is 0.496 e. The van der Waals surface area contributed by atoms with Gasteiger partial charge in [0.1, 0.15) is 5.75 Å². The first-order chi connectivity index (χ1) is 6.29. The molecule has 5 heteroatoms. The fourth-order valence-electron chi connectivity index (χ4n) is 0.834. The highest BCUT2D eigenvalue weighted by Crippen LogP contribution is 2.16. The number of aliphatic hydroxyl groups excluding tert-OH is 1. The summed E-state index contributed by atoms with van der Waals surface area (Å²) in [5, 5.41) is 22.8. The highest BCUT2D eigenvalue weighted by atomic mass is 16.5. The monoisotopic (exact) mass is 183 g/mol. The number of hydrogen-bond donors (Lipinski definition) is 3. The number of para-hydroxylation sites is 1. The first kappa shape index (κ1) is 12.0. The highest BCUT2D eigenvalue weighted by Gasteiger charge is 1.96. The molecule has 71 valence electrons. The maximum atomic E-state index is 8.77. The van der Waals surface area contributed by atoms with Gasteiger partial charge in [-0.1, -0.05) is 18.2 Å². The van der Waals surface area contributed by atoms with Gasteiger partial charge in [0.15, 0.2) is 0 Å². The Balaban J connectivity index is 0.000000424. The molecule has 0 bridgehead atoms. The molecule has 0 spiro atoms. The Morgan fingerprint density at radius 3 is 2.23 bits per heavy atom. The van der Waals surface area contributed by atoms with Gasteiger partial charge < -0.3 is 19.9 Å². The lowest BCUT2D eigenvalue weighted by Crippen LogP contribution is -1.89. The van der Waals surface area contributed by atoms with Crippen LogP contribution in [0.5, 0.6) is 5.75 Å². The lowest BCUT2D eigenvalue weighted by Gasteiger charge is -2.03. The van der Waals surface area contributed by atoms with Gasteiger partial charge in [0.05, 0.1) is 13.7 Å². The molecule has 1 aromatic rings. The van der Waals surface area contributed by atoms with Crippen molar-refractivity contribution < 1.29 is 19.9 Å². The van der Waals surface area contributed by atoms with E-state index in [1.54, 1.807) is 7.11 Å². The molecule has 1 aromatic carbocycles. The van der Waals surface area contributed by atoms with Gasteiger partial charge >= 0.3 is 7.69 Å². The molecule has 4 nitrogen and oxygen atoms in total. The zero-order chi connectivity index (χ0) is 10.1. The Labute approximate surface area is 77.7 Å². The van der Waals surface area contributed by atoms with Crippen LogP contribution in [0.4, 0.5) is 0 Å². The molecule has 1 radical (unpaired) electrons. The average molecular weight is 183 g/mol. The molecule has 0 aliphatic rings. The van der Waals surface area contributed by atoms with E-state index in [0.717, 1.165) is 11.3 Å². The zero-order valence-electron chi connectivity index (χ0n) is 7.34. The SMILES string of the molecule is COc1ccccc1CO.O[B]O. The summed E-state index contributed by atoms with van der Waals surface area (Å²) in [4.78, 5) is 0. The second-order valence-corrected chi connectivity index (χ2v) is 2.09. The number of benzene rings is 1. The van der Waals surface area contributed by atoms with Gasteiger partial charge in [-0.05, 0) is 6.07 Å². The van der Waals surface area contributed by atoms with Crippen molar-refractivity contribution in [2.45, 2.75) is 6.61 Å². The maximum absolute atomic E-state index is 8.77. The van der Waals surface area contributed by atoms with E-state index in [1.165, 1.54) is 0 Å². The predicted octanol–water partition coefficient (Wildman–Crippen LogP) is -0.307. The van der Waals surface area contributed by atoms with Gasteiger partial charge in [0.2, 0.25) is 0 Å². The maximum Gasteiger partial charge on any atom is 0.482 e. The van der Waals surface area contributed by atoms with Gasteiger partial charge in [-0.2, -0.15) is 0 Å². The molecule has 0 amide bonds. The summed E-state index contributed by atoms with van der Waals surface area (Å²) in [5.74, 6) is 0.741. The topological polar surface area (TPSA) is 69.9 Å². The molecular formula is C8H12BO4. The van der Waals surface area contributed by atoms with Crippen molar-refractivity contribution in [3.8, 4) is 5.75 Å². The third-order valence-electron chi connectivity index (χ3n) is 1.36. The quantitative estimate of drug-likeness (QED) is 0.550. The Bertz CT molecular complexity index is 206. The molecule has 0 aliphatic heterocycles. The third kappa shape index (κ3) is 4.52. The summed E-state index contributed by atoms with van der Waals surface area (Å²) in [6.45, 7) is 0.0318. The molecule has 0 aliphatic carbocycles. The predicted molar refractivity (Wildman–Crippen MR) is 49.1 cm³/mol. The third-order valence-corrected chi connectivity index (χ3v) is 1.36. The standard InChI is InChI=1S/C8H10O2.BH2O2/c1-10-8-5-3-2-4-7(8)6-9;2-1-3/h2-5,9H,6H2,1H3;2-3H. The van der Waals surface area contributed by atoms with Gasteiger partial charge in [-0.25, -0.2) is 0 Å². The summed E-state index contributed by atoms with van der Waals surface area (Å²) in [7, 11) is 1.59. The van der Waals surface area contributed by atoms with Crippen molar-refractivity contribution >= 4 is 7.69 Å². The summed E-state index contributed by atoms with van der Waals surface area (Å²) >= 11 is 0. The molecule has 0 heterocycles. The zero-order valence-corrected chi connectivity index (χ0v) is 7.34. The van der Waals surface area contributed by atoms with Crippen LogP contribution >= 0.6 is 0 Å². The van der Waals surface area contributed by atoms with Crippen LogP contribution in [-0.4, -0.2) is 29.9 Å². The summed E-state index contributed by atoms with van der Waals surface area (Å²) in [6, 6.07) is 7.40. The highest BCUT2D eigenvalue weighted by molar-refractivity contribution is 6.13. The Morgan fingerprint density at radius 2 is 1.85 bits per heavy atom. The molecule has 0 atom stereocenters. The van der Waals surface area contributed by atoms with Crippen LogP contribution in [0.15, 0.2) is 24.3 Å². The smallest absolute Gasteiger partial charge is 0.482 e. The van der Waals surface area contributed by atoms with Gasteiger partial charge in [-0.15, -0.1) is 0 Å². The average Bonchev–Trinajstić information content (AvgIpc) is 2.19. The van der Waals surface area contributed by atoms with E-state index < -0.39 is 0 Å². The van der Waals surface area contributed by atoms with Crippen LogP contribution < -0.4 is 4.74 Å². The fraction of sp³-hybridized carbons (Fsp3) is 0.250. The van der Waals surface area contributed by atoms with Crippen molar-refractivity contribution in [1.82, 2.24) is 0 Å². The van der Waals surface area contributed by atoms with Crippen molar-refractivity contribution in [3.63, 3.8) is 0 Å². The van der Waals surface area contributed by atoms with Crippen LogP contribution in [0.3, 0.4) is 0 Å². The molecule has 0 saturated carbocycles. The minimum atomic E-state index is 0. The molecule has 3 N–H and O–H groups in total. The molecule has 0 unspecified atom stereocenters. The number of rotatable bonds is 2. The normalized spacial score (nSPS) is 8.31. The van der Waals surface area contributed by atoms with Gasteiger partial charge in [-0.3, -0.25) is 0 Å². The number of aliphatic hydroxyl groups is 1. The Morgan fingerprint density at radius 1 is 1.31 bits per heavy atom. The lowest BCUT2D eigenvalue weighted by atomic mass is 10.2. The van der Waals surface area contributed by atoms with E-state index in [2.05, 4.69) is 0 Å². The fourth-order valence-corrected chi connectivity index (χ4v) is 0.834. The summed E-state index contributed by atoms with van der Waals surface area (Å²) in [6.07, 6.45) is 0. The van der Waals surface area contributed by atoms with Gasteiger partial charge in [0, 0.05) is 5.56 Å². The first-order valence-corrected chi connectivity index (χ1v) is 3.63. The summed E-state index contributed by atoms with van der Waals surface area (Å²) in [5.41, 5.74) is 0.824. The van der Waals surface area contributed by atoms with E-state index in [0.29, 0.717) is 0 Å². The molecule has 1 rings (SSSR count). The minimum absolute atomic E-state index is 0. The van der Waals surface area contributed by atoms with Crippen LogP contribution in [0.25, 0.3) is 0 Å². The molecular weight excluding hydrogens is 171 g/mol. The van der Waals surface area contributed by atoms with E-state index >= 15 is 0 Å². The molecule has 13 heavy (non-hydrogen) atoms. The van der Waals surface area contributed by atoms with Crippen LogP contribution in [0, 0.1) is 0 Å². The van der Waals surface area contributed by atoms with Gasteiger partial charge in [0.25, 0.3) is 0 Å². The summed E-state index contributed by atoms with van der Waals surface area (Å²) < 4.78 is 4.98. The van der Waals surface area contributed by atoms with Crippen molar-refractivity contribution in [1.29, 1.82) is 0 Å². The Kier molecular flexibility index (Phi) is 7.00. The second kappa shape index (κ2) is 7.61. The van der Waals surface area contributed by atoms with Crippen LogP contribution in [-0.2, 0) is 6.61 Å². The number of hydrogen-bond acceptors (Lipinski definition) is 4. The van der Waals surface area contributed by atoms with E-state index in [-0.39, 0.29) is 14.3 Å². The van der Waals surface area contributed by atoms with Crippen molar-refractivity contribution in [2.24, 2.45) is 0 Å². The van der Waals surface area contributed by atoms with Crippen LogP contribution in [0.2, 0.25) is 0 Å². The van der Waals surface area contributed by atoms with Crippen molar-refractivity contribution in [3.05, 3.63) is 29.8 Å². The minimum Gasteiger partial charge on any atom is -0.496 e. The first-order valence-electron chi connectivity index (χ1n) is 3.63. The Hall–Kier alpha value is -1.04. The molecule has 0 fully saturated rings. The molecule has 0 saturated heterocycles. The lowest BCUT2D eigenvalue weighted by molar-refractivity contribution is 0.274. The number of methoxy groups -OCH3 is 1. The van der Waals surface area contributed by atoms with E-state index in [4.69, 9.17) is 19.9 Å². The molecule has 0 aromatic heterocycles. The second-order valence-electron chi connectivity index (χ2n) is 2.09. The number of ether oxygens (including phenoxy) is 1. The van der Waals surface area contributed by atoms with Crippen LogP contribution in [0.1, 0.15) is 5.56 Å².